The van der Waals surface area contributed by atoms with Gasteiger partial charge in [-0.3, -0.25) is 14.5 Å². The molecule has 27 heavy (non-hydrogen) atoms. The molecule has 1 N–H and O–H groups in total. The molecular weight excluding hydrogens is 370 g/mol. The number of hydrogen-bond acceptors (Lipinski definition) is 3. The normalized spacial score (nSPS) is 16.9. The van der Waals surface area contributed by atoms with Crippen molar-refractivity contribution in [2.24, 2.45) is 5.92 Å². The van der Waals surface area contributed by atoms with Crippen LogP contribution in [0, 0.1) is 17.6 Å². The molecule has 0 aromatic heterocycles. The Labute approximate surface area is 160 Å². The number of para-hydroxylation sites is 1. The van der Waals surface area contributed by atoms with Crippen molar-refractivity contribution in [1.82, 2.24) is 0 Å². The van der Waals surface area contributed by atoms with E-state index in [1.54, 1.807) is 24.3 Å². The van der Waals surface area contributed by atoms with Crippen LogP contribution in [0.5, 0.6) is 0 Å². The summed E-state index contributed by atoms with van der Waals surface area (Å²) in [6, 6.07) is 10.1. The molecule has 142 valence electrons. The molecule has 1 atom stereocenters. The molecule has 1 saturated heterocycles. The third-order valence-corrected chi connectivity index (χ3v) is 5.32. The molecule has 0 aliphatic carbocycles. The molecule has 1 fully saturated rings. The predicted octanol–water partition coefficient (Wildman–Crippen LogP) is 4.73. The highest BCUT2D eigenvalue weighted by Gasteiger charge is 2.37. The molecule has 1 aliphatic heterocycles. The van der Waals surface area contributed by atoms with Crippen molar-refractivity contribution in [3.05, 3.63) is 59.7 Å². The van der Waals surface area contributed by atoms with Gasteiger partial charge in [0.05, 0.1) is 11.4 Å². The van der Waals surface area contributed by atoms with Crippen molar-refractivity contribution in [2.45, 2.75) is 25.6 Å². The van der Waals surface area contributed by atoms with Gasteiger partial charge in [0.1, 0.15) is 17.0 Å². The second-order valence-corrected chi connectivity index (χ2v) is 7.82. The molecule has 2 aromatic carbocycles. The topological polar surface area (TPSA) is 49.4 Å². The number of benzene rings is 2. The minimum atomic E-state index is -0.668. The van der Waals surface area contributed by atoms with E-state index in [0.717, 1.165) is 18.2 Å². The number of anilines is 2. The molecule has 2 aromatic rings. The average Bonchev–Trinajstić information content (AvgIpc) is 2.98. The van der Waals surface area contributed by atoms with E-state index in [4.69, 9.17) is 0 Å². The Morgan fingerprint density at radius 2 is 2.00 bits per heavy atom. The zero-order valence-corrected chi connectivity index (χ0v) is 15.9. The number of carbonyl (C=O) groups excluding carboxylic acids is 2. The monoisotopic (exact) mass is 390 g/mol. The molecule has 2 amide bonds. The fourth-order valence-electron chi connectivity index (χ4n) is 2.98. The maximum atomic E-state index is 14.3. The molecule has 7 heteroatoms. The lowest BCUT2D eigenvalue weighted by molar-refractivity contribution is -0.117. The Kier molecular flexibility index (Phi) is 5.79. The first-order chi connectivity index (χ1) is 12.9. The molecule has 1 heterocycles. The quantitative estimate of drug-likeness (QED) is 0.803. The second kappa shape index (κ2) is 8.08. The third kappa shape index (κ3) is 4.30. The number of hydrogen-bond donors (Lipinski definition) is 1. The van der Waals surface area contributed by atoms with Gasteiger partial charge in [-0.2, -0.15) is 0 Å². The average molecular weight is 390 g/mol. The number of nitrogens with zero attached hydrogens (tertiary/aromatic N) is 1. The first-order valence-electron chi connectivity index (χ1n) is 8.64. The SMILES string of the molecule is CC(C)CC(=O)Nc1ccccc1[C@@H]1SCC(=O)N1c1cc(F)ccc1F. The van der Waals surface area contributed by atoms with E-state index in [1.807, 2.05) is 13.8 Å². The number of rotatable bonds is 5. The summed E-state index contributed by atoms with van der Waals surface area (Å²) in [5.41, 5.74) is 1.14. The van der Waals surface area contributed by atoms with Crippen molar-refractivity contribution in [3.8, 4) is 0 Å². The Bertz CT molecular complexity index is 873. The first-order valence-corrected chi connectivity index (χ1v) is 9.69. The summed E-state index contributed by atoms with van der Waals surface area (Å²) in [6.45, 7) is 3.90. The molecule has 0 unspecified atom stereocenters. The Morgan fingerprint density at radius 3 is 2.74 bits per heavy atom. The minimum Gasteiger partial charge on any atom is -0.326 e. The molecule has 4 nitrogen and oxygen atoms in total. The van der Waals surface area contributed by atoms with Gasteiger partial charge in [0.2, 0.25) is 11.8 Å². The lowest BCUT2D eigenvalue weighted by atomic mass is 10.1. The molecule has 0 bridgehead atoms. The molecular formula is C20H20F2N2O2S. The molecule has 3 rings (SSSR count). The van der Waals surface area contributed by atoms with Gasteiger partial charge in [-0.05, 0) is 24.1 Å². The van der Waals surface area contributed by atoms with E-state index >= 15 is 0 Å². The zero-order valence-electron chi connectivity index (χ0n) is 15.0. The van der Waals surface area contributed by atoms with Gasteiger partial charge in [-0.15, -0.1) is 11.8 Å². The minimum absolute atomic E-state index is 0.0988. The van der Waals surface area contributed by atoms with E-state index < -0.39 is 17.0 Å². The predicted molar refractivity (Wildman–Crippen MR) is 104 cm³/mol. The zero-order chi connectivity index (χ0) is 19.6. The maximum absolute atomic E-state index is 14.3. The number of halogens is 2. The standard InChI is InChI=1S/C20H20F2N2O2S/c1-12(2)9-18(25)23-16-6-4-3-5-14(16)20-24(19(26)11-27-20)17-10-13(21)7-8-15(17)22/h3-8,10,12,20H,9,11H2,1-2H3,(H,23,25)/t20-/m0/s1. The van der Waals surface area contributed by atoms with Gasteiger partial charge in [-0.1, -0.05) is 32.0 Å². The molecule has 0 spiro atoms. The first kappa shape index (κ1) is 19.4. The Balaban J connectivity index is 1.96. The highest BCUT2D eigenvalue weighted by Crippen LogP contribution is 2.45. The number of carbonyl (C=O) groups is 2. The smallest absolute Gasteiger partial charge is 0.238 e. The van der Waals surface area contributed by atoms with Gasteiger partial charge >= 0.3 is 0 Å². The Morgan fingerprint density at radius 1 is 1.26 bits per heavy atom. The van der Waals surface area contributed by atoms with Crippen LogP contribution in [0.15, 0.2) is 42.5 Å². The fraction of sp³-hybridized carbons (Fsp3) is 0.300. The summed E-state index contributed by atoms with van der Waals surface area (Å²) < 4.78 is 28.0. The van der Waals surface area contributed by atoms with Crippen LogP contribution < -0.4 is 10.2 Å². The number of amides is 2. The molecule has 0 saturated carbocycles. The summed E-state index contributed by atoms with van der Waals surface area (Å²) >= 11 is 1.31. The van der Waals surface area contributed by atoms with Crippen LogP contribution in [-0.4, -0.2) is 17.6 Å². The summed E-state index contributed by atoms with van der Waals surface area (Å²) in [5.74, 6) is -1.37. The van der Waals surface area contributed by atoms with Crippen LogP contribution in [-0.2, 0) is 9.59 Å². The molecule has 1 aliphatic rings. The second-order valence-electron chi connectivity index (χ2n) is 6.76. The van der Waals surface area contributed by atoms with Crippen LogP contribution in [0.1, 0.15) is 31.2 Å². The maximum Gasteiger partial charge on any atom is 0.238 e. The lowest BCUT2D eigenvalue weighted by Crippen LogP contribution is -2.29. The number of nitrogens with one attached hydrogen (secondary N) is 1. The van der Waals surface area contributed by atoms with Gasteiger partial charge in [-0.25, -0.2) is 8.78 Å². The fourth-order valence-corrected chi connectivity index (χ4v) is 4.19. The van der Waals surface area contributed by atoms with E-state index in [-0.39, 0.29) is 29.2 Å². The van der Waals surface area contributed by atoms with Crippen molar-refractivity contribution in [2.75, 3.05) is 16.0 Å². The number of thioether (sulfide) groups is 1. The lowest BCUT2D eigenvalue weighted by Gasteiger charge is -2.26. The van der Waals surface area contributed by atoms with E-state index in [0.29, 0.717) is 17.7 Å². The van der Waals surface area contributed by atoms with Crippen molar-refractivity contribution < 1.29 is 18.4 Å². The summed E-state index contributed by atoms with van der Waals surface area (Å²) in [4.78, 5) is 25.9. The Hall–Kier alpha value is -2.41. The van der Waals surface area contributed by atoms with E-state index in [2.05, 4.69) is 5.32 Å². The van der Waals surface area contributed by atoms with Crippen LogP contribution in [0.4, 0.5) is 20.2 Å². The van der Waals surface area contributed by atoms with Crippen molar-refractivity contribution in [3.63, 3.8) is 0 Å². The largest absolute Gasteiger partial charge is 0.326 e. The van der Waals surface area contributed by atoms with Gasteiger partial charge in [0.15, 0.2) is 0 Å². The van der Waals surface area contributed by atoms with Crippen LogP contribution in [0.25, 0.3) is 0 Å². The van der Waals surface area contributed by atoms with Crippen LogP contribution in [0.3, 0.4) is 0 Å². The van der Waals surface area contributed by atoms with Crippen molar-refractivity contribution in [1.29, 1.82) is 0 Å². The van der Waals surface area contributed by atoms with E-state index in [9.17, 15) is 18.4 Å². The van der Waals surface area contributed by atoms with Crippen molar-refractivity contribution >= 4 is 35.0 Å². The van der Waals surface area contributed by atoms with Crippen LogP contribution >= 0.6 is 11.8 Å². The highest BCUT2D eigenvalue weighted by molar-refractivity contribution is 8.00. The summed E-state index contributed by atoms with van der Waals surface area (Å²) in [5, 5.41) is 2.32. The van der Waals surface area contributed by atoms with Gasteiger partial charge in [0, 0.05) is 23.7 Å². The highest BCUT2D eigenvalue weighted by atomic mass is 32.2. The van der Waals surface area contributed by atoms with Crippen LogP contribution in [0.2, 0.25) is 0 Å². The summed E-state index contributed by atoms with van der Waals surface area (Å²) in [7, 11) is 0. The summed E-state index contributed by atoms with van der Waals surface area (Å²) in [6.07, 6.45) is 0.368. The van der Waals surface area contributed by atoms with Gasteiger partial charge < -0.3 is 5.32 Å². The van der Waals surface area contributed by atoms with Gasteiger partial charge in [0.25, 0.3) is 0 Å². The van der Waals surface area contributed by atoms with E-state index in [1.165, 1.54) is 16.7 Å². The third-order valence-electron chi connectivity index (χ3n) is 4.13. The molecule has 0 radical (unpaired) electrons.